The van der Waals surface area contributed by atoms with Crippen LogP contribution in [-0.2, 0) is 27.6 Å². The normalized spacial score (nSPS) is 20.1. The third-order valence-corrected chi connectivity index (χ3v) is 6.96. The van der Waals surface area contributed by atoms with Gasteiger partial charge in [0.2, 0.25) is 5.88 Å². The predicted molar refractivity (Wildman–Crippen MR) is 111 cm³/mol. The number of hydrogen-bond acceptors (Lipinski definition) is 6. The summed E-state index contributed by atoms with van der Waals surface area (Å²) in [6.45, 7) is 2.59. The van der Waals surface area contributed by atoms with Crippen molar-refractivity contribution in [2.45, 2.75) is 36.7 Å². The van der Waals surface area contributed by atoms with Crippen molar-refractivity contribution in [3.63, 3.8) is 0 Å². The van der Waals surface area contributed by atoms with Crippen LogP contribution in [0.5, 0.6) is 5.88 Å². The van der Waals surface area contributed by atoms with Gasteiger partial charge in [-0.25, -0.2) is 13.4 Å². The Morgan fingerprint density at radius 3 is 2.66 bits per heavy atom. The molecule has 1 fully saturated rings. The molecule has 0 saturated carbocycles. The summed E-state index contributed by atoms with van der Waals surface area (Å²) in [5.74, 6) is 0.299. The second kappa shape index (κ2) is 8.30. The van der Waals surface area contributed by atoms with Crippen LogP contribution < -0.4 is 9.46 Å². The number of hydrogen-bond donors (Lipinski definition) is 1. The van der Waals surface area contributed by atoms with Crippen LogP contribution >= 0.6 is 0 Å². The van der Waals surface area contributed by atoms with Gasteiger partial charge in [-0.05, 0) is 55.6 Å². The molecule has 3 heterocycles. The molecule has 29 heavy (non-hydrogen) atoms. The van der Waals surface area contributed by atoms with E-state index in [1.165, 1.54) is 7.11 Å². The molecule has 1 N–H and O–H groups in total. The Kier molecular flexibility index (Phi) is 5.76. The van der Waals surface area contributed by atoms with E-state index < -0.39 is 10.0 Å². The first-order valence-electron chi connectivity index (χ1n) is 9.96. The molecule has 8 heteroatoms. The maximum atomic E-state index is 13.0. The van der Waals surface area contributed by atoms with E-state index in [-0.39, 0.29) is 11.0 Å². The van der Waals surface area contributed by atoms with E-state index >= 15 is 0 Å². The zero-order chi connectivity index (χ0) is 20.4. The number of nitrogens with zero attached hydrogens (tertiary/aromatic N) is 2. The van der Waals surface area contributed by atoms with Gasteiger partial charge < -0.3 is 14.4 Å². The lowest BCUT2D eigenvalue weighted by Crippen LogP contribution is -2.20. The number of likely N-dealkylation sites (N-methyl/N-ethyl adjacent to an activating group) is 1. The molecule has 156 valence electrons. The Morgan fingerprint density at radius 2 is 1.97 bits per heavy atom. The highest BCUT2D eigenvalue weighted by Gasteiger charge is 2.22. The summed E-state index contributed by atoms with van der Waals surface area (Å²) in [6, 6.07) is 8.76. The second-order valence-electron chi connectivity index (χ2n) is 7.63. The number of sulfonamides is 1. The number of nitrogens with one attached hydrogen (secondary N) is 1. The summed E-state index contributed by atoms with van der Waals surface area (Å²) in [7, 11) is -0.172. The van der Waals surface area contributed by atoms with Crippen LogP contribution in [0.25, 0.3) is 0 Å². The second-order valence-corrected chi connectivity index (χ2v) is 9.31. The zero-order valence-electron chi connectivity index (χ0n) is 16.8. The predicted octanol–water partition coefficient (Wildman–Crippen LogP) is 2.77. The van der Waals surface area contributed by atoms with Gasteiger partial charge in [0.15, 0.2) is 0 Å². The van der Waals surface area contributed by atoms with Crippen LogP contribution in [0.3, 0.4) is 0 Å². The molecule has 0 aliphatic carbocycles. The van der Waals surface area contributed by atoms with Crippen molar-refractivity contribution in [1.82, 2.24) is 9.88 Å². The summed E-state index contributed by atoms with van der Waals surface area (Å²) in [5.41, 5.74) is 3.41. The van der Waals surface area contributed by atoms with E-state index in [2.05, 4.69) is 21.7 Å². The highest BCUT2D eigenvalue weighted by Crippen LogP contribution is 2.31. The van der Waals surface area contributed by atoms with Crippen molar-refractivity contribution >= 4 is 15.7 Å². The highest BCUT2D eigenvalue weighted by molar-refractivity contribution is 7.92. The minimum Gasteiger partial charge on any atom is -0.479 e. The number of ether oxygens (including phenoxy) is 2. The van der Waals surface area contributed by atoms with Crippen LogP contribution in [0.2, 0.25) is 0 Å². The summed E-state index contributed by atoms with van der Waals surface area (Å²) < 4.78 is 39.6. The minimum absolute atomic E-state index is 0.0618. The molecule has 1 saturated heterocycles. The summed E-state index contributed by atoms with van der Waals surface area (Å²) in [5, 5.41) is 0. The molecule has 4 rings (SSSR count). The molecule has 1 unspecified atom stereocenters. The molecule has 1 aromatic carbocycles. The monoisotopic (exact) mass is 417 g/mol. The molecular weight excluding hydrogens is 390 g/mol. The quantitative estimate of drug-likeness (QED) is 0.806. The Hall–Kier alpha value is -2.16. The fourth-order valence-electron chi connectivity index (χ4n) is 3.86. The largest absolute Gasteiger partial charge is 0.479 e. The van der Waals surface area contributed by atoms with E-state index in [1.54, 1.807) is 12.1 Å². The van der Waals surface area contributed by atoms with Gasteiger partial charge in [0.25, 0.3) is 10.0 Å². The standard InChI is InChI=1S/C21H27N3O4S/c1-24-11-9-16-14-19(21(27-2)22-18(16)10-12-24)23-29(25,26)17-7-5-15(6-8-17)20-4-3-13-28-20/h5-8,14,20,23H,3-4,9-13H2,1-2H3. The number of aromatic nitrogens is 1. The van der Waals surface area contributed by atoms with Gasteiger partial charge in [0, 0.05) is 31.8 Å². The Bertz CT molecular complexity index is 970. The van der Waals surface area contributed by atoms with Gasteiger partial charge in [-0.2, -0.15) is 0 Å². The number of methoxy groups -OCH3 is 1. The highest BCUT2D eigenvalue weighted by atomic mass is 32.2. The van der Waals surface area contributed by atoms with Gasteiger partial charge in [-0.1, -0.05) is 12.1 Å². The smallest absolute Gasteiger partial charge is 0.262 e. The summed E-state index contributed by atoms with van der Waals surface area (Å²) >= 11 is 0. The molecule has 0 spiro atoms. The van der Waals surface area contributed by atoms with Crippen LogP contribution in [0.1, 0.15) is 35.8 Å². The lowest BCUT2D eigenvalue weighted by Gasteiger charge is -2.15. The average molecular weight is 418 g/mol. The van der Waals surface area contributed by atoms with E-state index in [4.69, 9.17) is 9.47 Å². The van der Waals surface area contributed by atoms with Gasteiger partial charge in [0.05, 0.1) is 18.1 Å². The number of pyridine rings is 1. The van der Waals surface area contributed by atoms with Crippen molar-refractivity contribution in [1.29, 1.82) is 0 Å². The number of anilines is 1. The fraction of sp³-hybridized carbons (Fsp3) is 0.476. The first-order valence-corrected chi connectivity index (χ1v) is 11.4. The lowest BCUT2D eigenvalue weighted by molar-refractivity contribution is 0.112. The number of rotatable bonds is 5. The molecule has 7 nitrogen and oxygen atoms in total. The maximum Gasteiger partial charge on any atom is 0.262 e. The average Bonchev–Trinajstić information content (AvgIpc) is 3.20. The Labute approximate surface area is 172 Å². The Morgan fingerprint density at radius 1 is 1.21 bits per heavy atom. The fourth-order valence-corrected chi connectivity index (χ4v) is 4.91. The molecule has 2 aromatic rings. The van der Waals surface area contributed by atoms with Gasteiger partial charge in [0.1, 0.15) is 5.69 Å². The molecule has 0 radical (unpaired) electrons. The third kappa shape index (κ3) is 4.39. The summed E-state index contributed by atoms with van der Waals surface area (Å²) in [6.07, 6.45) is 3.71. The first-order chi connectivity index (χ1) is 14.0. The van der Waals surface area contributed by atoms with Gasteiger partial charge in [-0.15, -0.1) is 0 Å². The SMILES string of the molecule is COc1nc2c(cc1NS(=O)(=O)c1ccc(C3CCCO3)cc1)CCN(C)CC2. The van der Waals surface area contributed by atoms with Crippen LogP contribution in [-0.4, -0.2) is 52.2 Å². The molecule has 1 atom stereocenters. The molecule has 2 aliphatic heterocycles. The molecular formula is C21H27N3O4S. The zero-order valence-corrected chi connectivity index (χ0v) is 17.7. The lowest BCUT2D eigenvalue weighted by atomic mass is 10.1. The summed E-state index contributed by atoms with van der Waals surface area (Å²) in [4.78, 5) is 7.03. The van der Waals surface area contributed by atoms with Crippen LogP contribution in [0, 0.1) is 0 Å². The van der Waals surface area contributed by atoms with Gasteiger partial charge in [-0.3, -0.25) is 4.72 Å². The third-order valence-electron chi connectivity index (χ3n) is 5.58. The number of fused-ring (bicyclic) bond motifs is 1. The van der Waals surface area contributed by atoms with Crippen LogP contribution in [0.15, 0.2) is 35.2 Å². The van der Waals surface area contributed by atoms with Gasteiger partial charge >= 0.3 is 0 Å². The van der Waals surface area contributed by atoms with Crippen molar-refractivity contribution < 1.29 is 17.9 Å². The molecule has 0 amide bonds. The Balaban J connectivity index is 1.59. The topological polar surface area (TPSA) is 80.8 Å². The minimum atomic E-state index is -3.75. The van der Waals surface area contributed by atoms with Crippen molar-refractivity contribution in [2.75, 3.05) is 38.6 Å². The molecule has 2 aliphatic rings. The number of benzene rings is 1. The van der Waals surface area contributed by atoms with E-state index in [9.17, 15) is 8.42 Å². The van der Waals surface area contributed by atoms with Crippen molar-refractivity contribution in [3.05, 3.63) is 47.2 Å². The van der Waals surface area contributed by atoms with Crippen LogP contribution in [0.4, 0.5) is 5.69 Å². The van der Waals surface area contributed by atoms with Crippen molar-refractivity contribution in [2.24, 2.45) is 0 Å². The maximum absolute atomic E-state index is 13.0. The first kappa shape index (κ1) is 20.1. The molecule has 1 aromatic heterocycles. The van der Waals surface area contributed by atoms with E-state index in [0.717, 1.165) is 62.2 Å². The van der Waals surface area contributed by atoms with E-state index in [0.29, 0.717) is 11.6 Å². The van der Waals surface area contributed by atoms with E-state index in [1.807, 2.05) is 18.2 Å². The molecule has 0 bridgehead atoms. The van der Waals surface area contributed by atoms with Crippen molar-refractivity contribution in [3.8, 4) is 5.88 Å².